The van der Waals surface area contributed by atoms with Gasteiger partial charge >= 0.3 is 0 Å². The first kappa shape index (κ1) is 20.5. The molecule has 7 heteroatoms. The summed E-state index contributed by atoms with van der Waals surface area (Å²) in [5, 5.41) is 2.86. The van der Waals surface area contributed by atoms with Crippen LogP contribution < -0.4 is 10.0 Å². The lowest BCUT2D eigenvalue weighted by Crippen LogP contribution is -2.27. The standard InChI is InChI=1S/C19H24N2O3S2/c1-3-21-26(23,24)17-10-9-15(2)18(13-17)19(22)20-11-12-25-14-16-7-5-4-6-8-16/h4-10,13,21H,3,11-12,14H2,1-2H3,(H,20,22). The van der Waals surface area contributed by atoms with Crippen LogP contribution in [-0.2, 0) is 15.8 Å². The minimum Gasteiger partial charge on any atom is -0.351 e. The van der Waals surface area contributed by atoms with Crippen molar-refractivity contribution in [2.75, 3.05) is 18.8 Å². The van der Waals surface area contributed by atoms with Crippen molar-refractivity contribution in [3.05, 3.63) is 65.2 Å². The summed E-state index contributed by atoms with van der Waals surface area (Å²) in [6.45, 7) is 4.34. The van der Waals surface area contributed by atoms with Crippen LogP contribution in [-0.4, -0.2) is 33.2 Å². The first-order valence-electron chi connectivity index (χ1n) is 8.44. The van der Waals surface area contributed by atoms with Crippen LogP contribution in [0.15, 0.2) is 53.4 Å². The highest BCUT2D eigenvalue weighted by Gasteiger charge is 2.17. The van der Waals surface area contributed by atoms with E-state index in [2.05, 4.69) is 22.2 Å². The van der Waals surface area contributed by atoms with E-state index in [1.165, 1.54) is 17.7 Å². The zero-order valence-corrected chi connectivity index (χ0v) is 16.6. The van der Waals surface area contributed by atoms with Crippen molar-refractivity contribution in [2.24, 2.45) is 0 Å². The van der Waals surface area contributed by atoms with Gasteiger partial charge in [0.25, 0.3) is 5.91 Å². The molecule has 5 nitrogen and oxygen atoms in total. The highest BCUT2D eigenvalue weighted by molar-refractivity contribution is 7.98. The van der Waals surface area contributed by atoms with Crippen LogP contribution in [0, 0.1) is 6.92 Å². The highest BCUT2D eigenvalue weighted by Crippen LogP contribution is 2.16. The molecule has 0 aromatic heterocycles. The molecule has 0 fully saturated rings. The van der Waals surface area contributed by atoms with Gasteiger partial charge in [-0.1, -0.05) is 43.3 Å². The third-order valence-corrected chi connectivity index (χ3v) is 6.32. The Morgan fingerprint density at radius 3 is 2.54 bits per heavy atom. The number of amides is 1. The molecule has 0 aliphatic heterocycles. The maximum absolute atomic E-state index is 12.4. The zero-order valence-electron chi connectivity index (χ0n) is 15.0. The molecule has 0 bridgehead atoms. The number of nitrogens with one attached hydrogen (secondary N) is 2. The number of carbonyl (C=O) groups excluding carboxylic acids is 1. The Labute approximate surface area is 159 Å². The number of benzene rings is 2. The van der Waals surface area contributed by atoms with Gasteiger partial charge in [-0.15, -0.1) is 0 Å². The largest absolute Gasteiger partial charge is 0.351 e. The third-order valence-electron chi connectivity index (χ3n) is 3.74. The molecule has 140 valence electrons. The van der Waals surface area contributed by atoms with Gasteiger partial charge in [0.05, 0.1) is 4.90 Å². The van der Waals surface area contributed by atoms with E-state index < -0.39 is 10.0 Å². The summed E-state index contributed by atoms with van der Waals surface area (Å²) in [7, 11) is -3.58. The van der Waals surface area contributed by atoms with E-state index in [-0.39, 0.29) is 10.8 Å². The number of hydrogen-bond acceptors (Lipinski definition) is 4. The van der Waals surface area contributed by atoms with Crippen molar-refractivity contribution in [1.29, 1.82) is 0 Å². The molecule has 0 spiro atoms. The molecule has 2 N–H and O–H groups in total. The summed E-state index contributed by atoms with van der Waals surface area (Å²) < 4.78 is 26.6. The van der Waals surface area contributed by atoms with Gasteiger partial charge in [-0.2, -0.15) is 11.8 Å². The van der Waals surface area contributed by atoms with Crippen LogP contribution in [0.5, 0.6) is 0 Å². The van der Waals surface area contributed by atoms with Crippen molar-refractivity contribution in [3.8, 4) is 0 Å². The fraction of sp³-hybridized carbons (Fsp3) is 0.316. The van der Waals surface area contributed by atoms with Crippen LogP contribution in [0.2, 0.25) is 0 Å². The van der Waals surface area contributed by atoms with Crippen molar-refractivity contribution in [3.63, 3.8) is 0 Å². The van der Waals surface area contributed by atoms with E-state index in [1.807, 2.05) is 18.2 Å². The SMILES string of the molecule is CCNS(=O)(=O)c1ccc(C)c(C(=O)NCCSCc2ccccc2)c1. The van der Waals surface area contributed by atoms with Gasteiger partial charge in [-0.3, -0.25) is 4.79 Å². The monoisotopic (exact) mass is 392 g/mol. The Balaban J connectivity index is 1.90. The van der Waals surface area contributed by atoms with E-state index >= 15 is 0 Å². The number of rotatable bonds is 9. The molecule has 0 heterocycles. The Kier molecular flexibility index (Phi) is 7.68. The Bertz CT molecular complexity index is 837. The lowest BCUT2D eigenvalue weighted by molar-refractivity contribution is 0.0955. The maximum atomic E-state index is 12.4. The molecule has 0 unspecified atom stereocenters. The van der Waals surface area contributed by atoms with Crippen molar-refractivity contribution >= 4 is 27.7 Å². The van der Waals surface area contributed by atoms with Crippen LogP contribution in [0.1, 0.15) is 28.4 Å². The van der Waals surface area contributed by atoms with E-state index in [0.29, 0.717) is 18.7 Å². The van der Waals surface area contributed by atoms with Crippen LogP contribution in [0.25, 0.3) is 0 Å². The first-order chi connectivity index (χ1) is 12.4. The summed E-state index contributed by atoms with van der Waals surface area (Å²) >= 11 is 1.74. The third kappa shape index (κ3) is 5.86. The molecular weight excluding hydrogens is 368 g/mol. The Hall–Kier alpha value is -1.83. The summed E-state index contributed by atoms with van der Waals surface area (Å²) in [5.41, 5.74) is 2.38. The van der Waals surface area contributed by atoms with Crippen molar-refractivity contribution < 1.29 is 13.2 Å². The van der Waals surface area contributed by atoms with Crippen LogP contribution in [0.3, 0.4) is 0 Å². The Morgan fingerprint density at radius 1 is 1.12 bits per heavy atom. The van der Waals surface area contributed by atoms with Gasteiger partial charge in [-0.25, -0.2) is 13.1 Å². The van der Waals surface area contributed by atoms with Gasteiger partial charge in [0.1, 0.15) is 0 Å². The second-order valence-electron chi connectivity index (χ2n) is 5.77. The predicted molar refractivity (Wildman–Crippen MR) is 107 cm³/mol. The summed E-state index contributed by atoms with van der Waals surface area (Å²) in [6.07, 6.45) is 0. The average Bonchev–Trinajstić information content (AvgIpc) is 2.62. The molecule has 0 saturated carbocycles. The van der Waals surface area contributed by atoms with Gasteiger partial charge in [0.15, 0.2) is 0 Å². The smallest absolute Gasteiger partial charge is 0.251 e. The van der Waals surface area contributed by atoms with Crippen molar-refractivity contribution in [2.45, 2.75) is 24.5 Å². The normalized spacial score (nSPS) is 11.3. The second-order valence-corrected chi connectivity index (χ2v) is 8.64. The van der Waals surface area contributed by atoms with Gasteiger partial charge in [0, 0.05) is 30.2 Å². The zero-order chi connectivity index (χ0) is 19.0. The van der Waals surface area contributed by atoms with Crippen LogP contribution in [0.4, 0.5) is 0 Å². The molecule has 1 amide bonds. The average molecular weight is 393 g/mol. The summed E-state index contributed by atoms with van der Waals surface area (Å²) in [6, 6.07) is 14.8. The number of aryl methyl sites for hydroxylation is 1. The molecule has 0 radical (unpaired) electrons. The minimum absolute atomic E-state index is 0.105. The van der Waals surface area contributed by atoms with Crippen molar-refractivity contribution in [1.82, 2.24) is 10.0 Å². The summed E-state index contributed by atoms with van der Waals surface area (Å²) in [4.78, 5) is 12.5. The lowest BCUT2D eigenvalue weighted by atomic mass is 10.1. The highest BCUT2D eigenvalue weighted by atomic mass is 32.2. The molecule has 2 aromatic rings. The number of thioether (sulfide) groups is 1. The minimum atomic E-state index is -3.58. The predicted octanol–water partition coefficient (Wildman–Crippen LogP) is 2.96. The van der Waals surface area contributed by atoms with E-state index in [1.54, 1.807) is 31.7 Å². The van der Waals surface area contributed by atoms with E-state index in [9.17, 15) is 13.2 Å². The fourth-order valence-electron chi connectivity index (χ4n) is 2.38. The maximum Gasteiger partial charge on any atom is 0.251 e. The molecule has 0 aliphatic rings. The van der Waals surface area contributed by atoms with Gasteiger partial charge < -0.3 is 5.32 Å². The molecule has 0 aliphatic carbocycles. The molecule has 26 heavy (non-hydrogen) atoms. The molecule has 0 saturated heterocycles. The van der Waals surface area contributed by atoms with E-state index in [0.717, 1.165) is 17.1 Å². The topological polar surface area (TPSA) is 75.3 Å². The quantitative estimate of drug-likeness (QED) is 0.644. The van der Waals surface area contributed by atoms with Gasteiger partial charge in [0.2, 0.25) is 10.0 Å². The van der Waals surface area contributed by atoms with Gasteiger partial charge in [-0.05, 0) is 30.2 Å². The van der Waals surface area contributed by atoms with E-state index in [4.69, 9.17) is 0 Å². The molecular formula is C19H24N2O3S2. The number of sulfonamides is 1. The summed E-state index contributed by atoms with van der Waals surface area (Å²) in [5.74, 6) is 1.43. The number of hydrogen-bond donors (Lipinski definition) is 2. The fourth-order valence-corrected chi connectivity index (χ4v) is 4.27. The van der Waals surface area contributed by atoms with Crippen LogP contribution >= 0.6 is 11.8 Å². The lowest BCUT2D eigenvalue weighted by Gasteiger charge is -2.10. The second kappa shape index (κ2) is 9.75. The molecule has 2 aromatic carbocycles. The first-order valence-corrected chi connectivity index (χ1v) is 11.1. The molecule has 0 atom stereocenters. The number of carbonyl (C=O) groups is 1. The Morgan fingerprint density at radius 2 is 1.85 bits per heavy atom. The molecule has 2 rings (SSSR count).